The molecule has 0 spiro atoms. The maximum Gasteiger partial charge on any atom is 0.167 e. The third-order valence-corrected chi connectivity index (χ3v) is 3.88. The van der Waals surface area contributed by atoms with Crippen LogP contribution in [0.1, 0.15) is 29.4 Å². The molecule has 0 N–H and O–H groups in total. The highest BCUT2D eigenvalue weighted by atomic mass is 16.5. The minimum absolute atomic E-state index is 0.206. The molecule has 2 aromatic rings. The van der Waals surface area contributed by atoms with E-state index < -0.39 is 0 Å². The lowest BCUT2D eigenvalue weighted by atomic mass is 9.86. The van der Waals surface area contributed by atoms with Gasteiger partial charge in [0.25, 0.3) is 0 Å². The number of carbonyl (C=O) groups excluding carboxylic acids is 1. The number of Topliss-reactive ketones (excluding diaryl/α,β-unsaturated/α-hetero) is 1. The molecule has 1 atom stereocenters. The Morgan fingerprint density at radius 3 is 2.60 bits per heavy atom. The molecule has 1 aliphatic carbocycles. The molecule has 20 heavy (non-hydrogen) atoms. The Balaban J connectivity index is 2.10. The quantitative estimate of drug-likeness (QED) is 0.842. The third kappa shape index (κ3) is 2.01. The Bertz CT molecular complexity index is 656. The van der Waals surface area contributed by atoms with Gasteiger partial charge >= 0.3 is 0 Å². The van der Waals surface area contributed by atoms with E-state index in [1.807, 2.05) is 36.0 Å². The van der Waals surface area contributed by atoms with Crippen molar-refractivity contribution < 1.29 is 9.53 Å². The molecule has 104 valence electrons. The largest absolute Gasteiger partial charge is 0.497 e. The number of hydrogen-bond acceptors (Lipinski definition) is 3. The molecule has 0 radical (unpaired) electrons. The molecule has 0 fully saturated rings. The Hall–Kier alpha value is -2.10. The van der Waals surface area contributed by atoms with Crippen LogP contribution in [0.4, 0.5) is 0 Å². The third-order valence-electron chi connectivity index (χ3n) is 3.88. The number of methoxy groups -OCH3 is 1. The molecule has 0 amide bonds. The zero-order valence-electron chi connectivity index (χ0n) is 12.0. The van der Waals surface area contributed by atoms with Crippen LogP contribution in [0.5, 0.6) is 5.75 Å². The Labute approximate surface area is 118 Å². The molecule has 4 nitrogen and oxygen atoms in total. The smallest absolute Gasteiger partial charge is 0.167 e. The topological polar surface area (TPSA) is 44.1 Å². The lowest BCUT2D eigenvalue weighted by molar-refractivity contribution is 0.0953. The van der Waals surface area contributed by atoms with E-state index in [0.717, 1.165) is 34.7 Å². The van der Waals surface area contributed by atoms with E-state index in [9.17, 15) is 4.79 Å². The highest BCUT2D eigenvalue weighted by Crippen LogP contribution is 2.33. The van der Waals surface area contributed by atoms with E-state index in [1.165, 1.54) is 0 Å². The van der Waals surface area contributed by atoms with Crippen molar-refractivity contribution in [3.8, 4) is 17.0 Å². The van der Waals surface area contributed by atoms with Gasteiger partial charge in [-0.2, -0.15) is 5.10 Å². The Morgan fingerprint density at radius 1 is 1.25 bits per heavy atom. The van der Waals surface area contributed by atoms with Crippen molar-refractivity contribution >= 4 is 5.78 Å². The van der Waals surface area contributed by atoms with Gasteiger partial charge in [-0.05, 0) is 36.6 Å². The summed E-state index contributed by atoms with van der Waals surface area (Å²) in [5.74, 6) is 1.41. The first-order valence-corrected chi connectivity index (χ1v) is 6.83. The maximum atomic E-state index is 12.3. The van der Waals surface area contributed by atoms with Gasteiger partial charge in [0.2, 0.25) is 0 Å². The molecule has 1 heterocycles. The van der Waals surface area contributed by atoms with Gasteiger partial charge in [0.05, 0.1) is 12.7 Å². The SMILES string of the molecule is COc1ccc(-c2nn(C)c3c2C(=O)CC(C)C3)cc1. The first-order chi connectivity index (χ1) is 9.60. The van der Waals surface area contributed by atoms with Crippen LogP contribution in [0.25, 0.3) is 11.3 Å². The molecule has 1 unspecified atom stereocenters. The highest BCUT2D eigenvalue weighted by molar-refractivity contribution is 6.03. The average molecular weight is 270 g/mol. The van der Waals surface area contributed by atoms with Gasteiger partial charge in [-0.3, -0.25) is 9.48 Å². The van der Waals surface area contributed by atoms with Crippen molar-refractivity contribution in [3.05, 3.63) is 35.5 Å². The molecular formula is C16H18N2O2. The van der Waals surface area contributed by atoms with E-state index in [2.05, 4.69) is 12.0 Å². The normalized spacial score (nSPS) is 17.9. The molecule has 1 aliphatic rings. The van der Waals surface area contributed by atoms with Gasteiger partial charge < -0.3 is 4.74 Å². The number of nitrogens with zero attached hydrogens (tertiary/aromatic N) is 2. The number of hydrogen-bond donors (Lipinski definition) is 0. The van der Waals surface area contributed by atoms with Crippen LogP contribution in [-0.2, 0) is 13.5 Å². The number of aryl methyl sites for hydroxylation is 1. The molecule has 0 saturated heterocycles. The second-order valence-electron chi connectivity index (χ2n) is 5.46. The molecule has 0 aliphatic heterocycles. The number of ether oxygens (including phenoxy) is 1. The Kier molecular flexibility index (Phi) is 3.08. The fraction of sp³-hybridized carbons (Fsp3) is 0.375. The summed E-state index contributed by atoms with van der Waals surface area (Å²) in [5.41, 5.74) is 3.61. The van der Waals surface area contributed by atoms with Crippen LogP contribution in [0, 0.1) is 5.92 Å². The lowest BCUT2D eigenvalue weighted by Gasteiger charge is -2.18. The first kappa shape index (κ1) is 12.9. The fourth-order valence-electron chi connectivity index (χ4n) is 2.86. The van der Waals surface area contributed by atoms with Gasteiger partial charge in [0.15, 0.2) is 5.78 Å². The zero-order valence-corrected chi connectivity index (χ0v) is 12.0. The maximum absolute atomic E-state index is 12.3. The van der Waals surface area contributed by atoms with Gasteiger partial charge in [-0.25, -0.2) is 0 Å². The fourth-order valence-corrected chi connectivity index (χ4v) is 2.86. The van der Waals surface area contributed by atoms with E-state index in [0.29, 0.717) is 12.3 Å². The number of ketones is 1. The molecule has 0 saturated carbocycles. The second-order valence-corrected chi connectivity index (χ2v) is 5.46. The minimum atomic E-state index is 0.206. The van der Waals surface area contributed by atoms with Crippen LogP contribution in [0.3, 0.4) is 0 Å². The number of rotatable bonds is 2. The monoisotopic (exact) mass is 270 g/mol. The molecule has 4 heteroatoms. The summed E-state index contributed by atoms with van der Waals surface area (Å²) in [4.78, 5) is 12.3. The summed E-state index contributed by atoms with van der Waals surface area (Å²) in [7, 11) is 3.56. The van der Waals surface area contributed by atoms with Crippen molar-refractivity contribution in [2.24, 2.45) is 13.0 Å². The van der Waals surface area contributed by atoms with Gasteiger partial charge in [-0.15, -0.1) is 0 Å². The van der Waals surface area contributed by atoms with E-state index in [4.69, 9.17) is 4.74 Å². The predicted octanol–water partition coefficient (Wildman–Crippen LogP) is 2.86. The van der Waals surface area contributed by atoms with Crippen molar-refractivity contribution in [1.29, 1.82) is 0 Å². The summed E-state index contributed by atoms with van der Waals surface area (Å²) in [6.07, 6.45) is 1.53. The van der Waals surface area contributed by atoms with Crippen molar-refractivity contribution in [1.82, 2.24) is 9.78 Å². The van der Waals surface area contributed by atoms with Crippen molar-refractivity contribution in [2.45, 2.75) is 19.8 Å². The summed E-state index contributed by atoms with van der Waals surface area (Å²) >= 11 is 0. The van der Waals surface area contributed by atoms with Crippen LogP contribution in [0.15, 0.2) is 24.3 Å². The van der Waals surface area contributed by atoms with Gasteiger partial charge in [0.1, 0.15) is 11.4 Å². The molecule has 0 bridgehead atoms. The van der Waals surface area contributed by atoms with Crippen LogP contribution >= 0.6 is 0 Å². The summed E-state index contributed by atoms with van der Waals surface area (Å²) in [6.45, 7) is 2.11. The Morgan fingerprint density at radius 2 is 1.95 bits per heavy atom. The minimum Gasteiger partial charge on any atom is -0.497 e. The predicted molar refractivity (Wildman–Crippen MR) is 77.0 cm³/mol. The van der Waals surface area contributed by atoms with E-state index >= 15 is 0 Å². The summed E-state index contributed by atoms with van der Waals surface area (Å²) in [5, 5.41) is 4.56. The zero-order chi connectivity index (χ0) is 14.3. The van der Waals surface area contributed by atoms with Crippen LogP contribution in [-0.4, -0.2) is 22.7 Å². The number of fused-ring (bicyclic) bond motifs is 1. The number of carbonyl (C=O) groups is 1. The van der Waals surface area contributed by atoms with Gasteiger partial charge in [0, 0.05) is 24.7 Å². The van der Waals surface area contributed by atoms with E-state index in [1.54, 1.807) is 7.11 Å². The molecule has 3 rings (SSSR count). The standard InChI is InChI=1S/C16H18N2O2/c1-10-8-13-15(14(19)9-10)16(17-18(13)2)11-4-6-12(20-3)7-5-11/h4-7,10H,8-9H2,1-3H3. The summed E-state index contributed by atoms with van der Waals surface area (Å²) < 4.78 is 7.02. The first-order valence-electron chi connectivity index (χ1n) is 6.83. The van der Waals surface area contributed by atoms with Crippen molar-refractivity contribution in [2.75, 3.05) is 7.11 Å². The highest BCUT2D eigenvalue weighted by Gasteiger charge is 2.29. The van der Waals surface area contributed by atoms with Crippen molar-refractivity contribution in [3.63, 3.8) is 0 Å². The summed E-state index contributed by atoms with van der Waals surface area (Å²) in [6, 6.07) is 7.69. The van der Waals surface area contributed by atoms with Gasteiger partial charge in [-0.1, -0.05) is 6.92 Å². The van der Waals surface area contributed by atoms with Crippen LogP contribution in [0.2, 0.25) is 0 Å². The average Bonchev–Trinajstić information content (AvgIpc) is 2.77. The second kappa shape index (κ2) is 4.78. The van der Waals surface area contributed by atoms with Crippen LogP contribution < -0.4 is 4.74 Å². The molecule has 1 aromatic carbocycles. The van der Waals surface area contributed by atoms with E-state index in [-0.39, 0.29) is 5.78 Å². The molecular weight excluding hydrogens is 252 g/mol. The molecule has 1 aromatic heterocycles. The lowest BCUT2D eigenvalue weighted by Crippen LogP contribution is -2.19. The number of benzene rings is 1. The number of aromatic nitrogens is 2.